The number of sulfone groups is 1. The molecule has 10 heteroatoms. The summed E-state index contributed by atoms with van der Waals surface area (Å²) < 4.78 is 33.5. The van der Waals surface area contributed by atoms with Crippen molar-refractivity contribution in [2.45, 2.75) is 11.3 Å². The lowest BCUT2D eigenvalue weighted by Gasteiger charge is -2.10. The summed E-state index contributed by atoms with van der Waals surface area (Å²) in [5, 5.41) is 8.31. The van der Waals surface area contributed by atoms with Gasteiger partial charge in [0.25, 0.3) is 0 Å². The molecule has 2 aromatic carbocycles. The van der Waals surface area contributed by atoms with Crippen molar-refractivity contribution < 1.29 is 22.7 Å². The van der Waals surface area contributed by atoms with Crippen LogP contribution in [0.15, 0.2) is 52.7 Å². The van der Waals surface area contributed by atoms with Gasteiger partial charge in [-0.15, -0.1) is 11.3 Å². The highest BCUT2D eigenvalue weighted by atomic mass is 32.2. The Bertz CT molecular complexity index is 1140. The number of hydrogen-bond acceptors (Lipinski definition) is 8. The van der Waals surface area contributed by atoms with Crippen LogP contribution in [0, 0.1) is 0 Å². The zero-order chi connectivity index (χ0) is 21.7. The molecule has 1 aromatic heterocycles. The second-order valence-corrected chi connectivity index (χ2v) is 9.23. The first-order valence-electron chi connectivity index (χ1n) is 8.82. The molecule has 0 spiro atoms. The summed E-state index contributed by atoms with van der Waals surface area (Å²) >= 11 is 1.36. The summed E-state index contributed by atoms with van der Waals surface area (Å²) in [5.41, 5.74) is 1.92. The van der Waals surface area contributed by atoms with E-state index in [1.807, 2.05) is 0 Å². The van der Waals surface area contributed by atoms with E-state index < -0.39 is 9.84 Å². The van der Waals surface area contributed by atoms with Crippen molar-refractivity contribution in [3.8, 4) is 11.5 Å². The molecule has 0 aliphatic heterocycles. The predicted molar refractivity (Wildman–Crippen MR) is 117 cm³/mol. The first-order chi connectivity index (χ1) is 14.3. The van der Waals surface area contributed by atoms with Gasteiger partial charge in [0.2, 0.25) is 5.91 Å². The number of anilines is 3. The molecule has 0 fully saturated rings. The zero-order valence-corrected chi connectivity index (χ0v) is 18.3. The van der Waals surface area contributed by atoms with E-state index in [9.17, 15) is 13.2 Å². The van der Waals surface area contributed by atoms with Gasteiger partial charge in [0.15, 0.2) is 26.5 Å². The minimum absolute atomic E-state index is 0.111. The molecule has 0 aliphatic carbocycles. The largest absolute Gasteiger partial charge is 0.493 e. The molecule has 0 unspecified atom stereocenters. The molecule has 3 aromatic rings. The fourth-order valence-corrected chi connectivity index (χ4v) is 4.00. The third-order valence-corrected chi connectivity index (χ3v) is 6.03. The molecule has 3 rings (SSSR count). The maximum atomic E-state index is 12.3. The van der Waals surface area contributed by atoms with Gasteiger partial charge in [-0.2, -0.15) is 0 Å². The molecule has 2 N–H and O–H groups in total. The normalized spacial score (nSPS) is 11.0. The SMILES string of the molecule is COc1ccc(NC(=O)Cc2csc(Nc3ccc(S(C)(=O)=O)cc3)n2)cc1OC. The van der Waals surface area contributed by atoms with Crippen molar-refractivity contribution in [2.24, 2.45) is 0 Å². The van der Waals surface area contributed by atoms with Crippen LogP contribution in [0.3, 0.4) is 0 Å². The summed E-state index contributed by atoms with van der Waals surface area (Å²) in [4.78, 5) is 17.0. The highest BCUT2D eigenvalue weighted by molar-refractivity contribution is 7.90. The van der Waals surface area contributed by atoms with Crippen LogP contribution >= 0.6 is 11.3 Å². The molecule has 158 valence electrons. The Balaban J connectivity index is 1.60. The summed E-state index contributed by atoms with van der Waals surface area (Å²) in [6.07, 6.45) is 1.27. The van der Waals surface area contributed by atoms with Gasteiger partial charge >= 0.3 is 0 Å². The molecule has 1 heterocycles. The fraction of sp³-hybridized carbons (Fsp3) is 0.200. The lowest BCUT2D eigenvalue weighted by molar-refractivity contribution is -0.115. The van der Waals surface area contributed by atoms with Crippen molar-refractivity contribution in [2.75, 3.05) is 31.1 Å². The van der Waals surface area contributed by atoms with Crippen molar-refractivity contribution in [3.63, 3.8) is 0 Å². The molecule has 0 radical (unpaired) electrons. The number of aromatic nitrogens is 1. The molecule has 0 saturated heterocycles. The predicted octanol–water partition coefficient (Wildman–Crippen LogP) is 3.49. The highest BCUT2D eigenvalue weighted by Gasteiger charge is 2.11. The van der Waals surface area contributed by atoms with Gasteiger partial charge in [0.05, 0.1) is 31.2 Å². The van der Waals surface area contributed by atoms with Gasteiger partial charge in [-0.25, -0.2) is 13.4 Å². The Morgan fingerprint density at radius 1 is 1.03 bits per heavy atom. The van der Waals surface area contributed by atoms with Crippen LogP contribution in [0.4, 0.5) is 16.5 Å². The highest BCUT2D eigenvalue weighted by Crippen LogP contribution is 2.30. The number of carbonyl (C=O) groups is 1. The van der Waals surface area contributed by atoms with Gasteiger partial charge in [-0.05, 0) is 36.4 Å². The molecule has 1 amide bonds. The molecule has 0 atom stereocenters. The smallest absolute Gasteiger partial charge is 0.230 e. The Morgan fingerprint density at radius 3 is 2.33 bits per heavy atom. The van der Waals surface area contributed by atoms with E-state index in [1.54, 1.807) is 42.8 Å². The summed E-state index contributed by atoms with van der Waals surface area (Å²) in [7, 11) is -0.161. The van der Waals surface area contributed by atoms with Crippen LogP contribution in [0.25, 0.3) is 0 Å². The zero-order valence-electron chi connectivity index (χ0n) is 16.6. The first-order valence-corrected chi connectivity index (χ1v) is 11.6. The fourth-order valence-electron chi connectivity index (χ4n) is 2.64. The Labute approximate surface area is 178 Å². The quantitative estimate of drug-likeness (QED) is 0.544. The summed E-state index contributed by atoms with van der Waals surface area (Å²) in [5.74, 6) is 0.893. The number of hydrogen-bond donors (Lipinski definition) is 2. The van der Waals surface area contributed by atoms with Crippen molar-refractivity contribution >= 4 is 43.6 Å². The second kappa shape index (κ2) is 9.14. The van der Waals surface area contributed by atoms with Gasteiger partial charge in [-0.1, -0.05) is 0 Å². The number of thiazole rings is 1. The number of nitrogens with one attached hydrogen (secondary N) is 2. The second-order valence-electron chi connectivity index (χ2n) is 6.36. The number of carbonyl (C=O) groups excluding carboxylic acids is 1. The van der Waals surface area contributed by atoms with E-state index in [0.29, 0.717) is 33.7 Å². The average molecular weight is 448 g/mol. The van der Waals surface area contributed by atoms with Gasteiger partial charge in [0, 0.05) is 29.1 Å². The molecule has 0 bridgehead atoms. The average Bonchev–Trinajstić information content (AvgIpc) is 3.14. The van der Waals surface area contributed by atoms with Crippen LogP contribution in [-0.2, 0) is 21.1 Å². The molecule has 0 saturated carbocycles. The van der Waals surface area contributed by atoms with Gasteiger partial charge < -0.3 is 20.1 Å². The van der Waals surface area contributed by atoms with Crippen LogP contribution < -0.4 is 20.1 Å². The number of rotatable bonds is 8. The molecular formula is C20H21N3O5S2. The van der Waals surface area contributed by atoms with Crippen molar-refractivity contribution in [3.05, 3.63) is 53.5 Å². The number of nitrogens with zero attached hydrogens (tertiary/aromatic N) is 1. The minimum atomic E-state index is -3.24. The minimum Gasteiger partial charge on any atom is -0.493 e. The Morgan fingerprint density at radius 2 is 1.70 bits per heavy atom. The summed E-state index contributed by atoms with van der Waals surface area (Å²) in [6, 6.07) is 11.5. The molecular weight excluding hydrogens is 426 g/mol. The molecule has 8 nitrogen and oxygen atoms in total. The Kier molecular flexibility index (Phi) is 6.58. The van der Waals surface area contributed by atoms with E-state index in [4.69, 9.17) is 9.47 Å². The number of amides is 1. The third kappa shape index (κ3) is 5.49. The standard InChI is InChI=1S/C20H21N3O5S2/c1-27-17-9-6-14(10-18(17)28-2)21-19(24)11-15-12-29-20(23-15)22-13-4-7-16(8-5-13)30(3,25)26/h4-10,12H,11H2,1-3H3,(H,21,24)(H,22,23). The lowest BCUT2D eigenvalue weighted by Crippen LogP contribution is -2.14. The van der Waals surface area contributed by atoms with Crippen LogP contribution in [0.1, 0.15) is 5.69 Å². The number of benzene rings is 2. The Hall–Kier alpha value is -3.11. The topological polar surface area (TPSA) is 107 Å². The van der Waals surface area contributed by atoms with E-state index in [0.717, 1.165) is 6.26 Å². The first kappa shape index (κ1) is 21.6. The van der Waals surface area contributed by atoms with Crippen LogP contribution in [0.2, 0.25) is 0 Å². The van der Waals surface area contributed by atoms with E-state index in [-0.39, 0.29) is 17.2 Å². The maximum Gasteiger partial charge on any atom is 0.230 e. The van der Waals surface area contributed by atoms with Crippen LogP contribution in [0.5, 0.6) is 11.5 Å². The monoisotopic (exact) mass is 447 g/mol. The molecule has 0 aliphatic rings. The maximum absolute atomic E-state index is 12.3. The van der Waals surface area contributed by atoms with Crippen LogP contribution in [-0.4, -0.2) is 39.8 Å². The van der Waals surface area contributed by atoms with E-state index in [1.165, 1.54) is 30.6 Å². The number of ether oxygens (including phenoxy) is 2. The lowest BCUT2D eigenvalue weighted by atomic mass is 10.2. The van der Waals surface area contributed by atoms with E-state index >= 15 is 0 Å². The summed E-state index contributed by atoms with van der Waals surface area (Å²) in [6.45, 7) is 0. The van der Waals surface area contributed by atoms with Crippen molar-refractivity contribution in [1.82, 2.24) is 4.98 Å². The third-order valence-electron chi connectivity index (χ3n) is 4.09. The number of methoxy groups -OCH3 is 2. The van der Waals surface area contributed by atoms with Crippen molar-refractivity contribution in [1.29, 1.82) is 0 Å². The van der Waals surface area contributed by atoms with Gasteiger partial charge in [-0.3, -0.25) is 4.79 Å². The van der Waals surface area contributed by atoms with Gasteiger partial charge in [0.1, 0.15) is 0 Å². The molecule has 30 heavy (non-hydrogen) atoms. The van der Waals surface area contributed by atoms with E-state index in [2.05, 4.69) is 15.6 Å².